The van der Waals surface area contributed by atoms with Crippen molar-refractivity contribution in [3.63, 3.8) is 0 Å². The van der Waals surface area contributed by atoms with E-state index < -0.39 is 0 Å². The van der Waals surface area contributed by atoms with Crippen LogP contribution in [-0.4, -0.2) is 14.2 Å². The minimum atomic E-state index is 0.650. The number of nitrogens with one attached hydrogen (secondary N) is 1. The fraction of sp³-hybridized carbons (Fsp3) is 0.250. The van der Waals surface area contributed by atoms with Crippen LogP contribution in [0.1, 0.15) is 11.1 Å². The van der Waals surface area contributed by atoms with Crippen LogP contribution < -0.4 is 10.1 Å². The molecule has 0 bridgehead atoms. The third-order valence-corrected chi connectivity index (χ3v) is 3.64. The first kappa shape index (κ1) is 14.9. The SMILES string of the molecule is COCc1ccc(CNc2ccc(Br)c(OC)c2)cc1. The van der Waals surface area contributed by atoms with Crippen molar-refractivity contribution < 1.29 is 9.47 Å². The maximum atomic E-state index is 5.28. The summed E-state index contributed by atoms with van der Waals surface area (Å²) in [5.74, 6) is 0.824. The Morgan fingerprint density at radius 3 is 2.35 bits per heavy atom. The van der Waals surface area contributed by atoms with Crippen molar-refractivity contribution in [2.75, 3.05) is 19.5 Å². The highest BCUT2D eigenvalue weighted by molar-refractivity contribution is 9.10. The monoisotopic (exact) mass is 335 g/mol. The first-order valence-electron chi connectivity index (χ1n) is 6.37. The number of hydrogen-bond donors (Lipinski definition) is 1. The molecule has 0 saturated heterocycles. The van der Waals surface area contributed by atoms with Gasteiger partial charge in [0.05, 0.1) is 18.2 Å². The minimum Gasteiger partial charge on any atom is -0.495 e. The largest absolute Gasteiger partial charge is 0.495 e. The van der Waals surface area contributed by atoms with Crippen LogP contribution in [-0.2, 0) is 17.9 Å². The van der Waals surface area contributed by atoms with E-state index in [2.05, 4.69) is 45.5 Å². The molecular weight excluding hydrogens is 318 g/mol. The molecule has 0 aromatic heterocycles. The molecule has 0 amide bonds. The number of benzene rings is 2. The van der Waals surface area contributed by atoms with Gasteiger partial charge in [0.1, 0.15) is 5.75 Å². The van der Waals surface area contributed by atoms with Gasteiger partial charge in [-0.2, -0.15) is 0 Å². The molecule has 4 heteroatoms. The third kappa shape index (κ3) is 3.99. The molecule has 106 valence electrons. The zero-order valence-corrected chi connectivity index (χ0v) is 13.2. The molecule has 0 radical (unpaired) electrons. The third-order valence-electron chi connectivity index (χ3n) is 2.98. The topological polar surface area (TPSA) is 30.5 Å². The van der Waals surface area contributed by atoms with E-state index in [1.54, 1.807) is 14.2 Å². The average Bonchev–Trinajstić information content (AvgIpc) is 2.48. The average molecular weight is 336 g/mol. The summed E-state index contributed by atoms with van der Waals surface area (Å²) in [6, 6.07) is 14.4. The Kier molecular flexibility index (Phi) is 5.44. The van der Waals surface area contributed by atoms with E-state index in [9.17, 15) is 0 Å². The Hall–Kier alpha value is -1.52. The van der Waals surface area contributed by atoms with Gasteiger partial charge in [0, 0.05) is 25.4 Å². The molecule has 0 heterocycles. The summed E-state index contributed by atoms with van der Waals surface area (Å²) >= 11 is 3.44. The Labute approximate surface area is 128 Å². The van der Waals surface area contributed by atoms with E-state index in [0.717, 1.165) is 22.5 Å². The first-order valence-corrected chi connectivity index (χ1v) is 7.16. The smallest absolute Gasteiger partial charge is 0.135 e. The second-order valence-electron chi connectivity index (χ2n) is 4.45. The summed E-state index contributed by atoms with van der Waals surface area (Å²) in [7, 11) is 3.37. The summed E-state index contributed by atoms with van der Waals surface area (Å²) in [6.07, 6.45) is 0. The van der Waals surface area contributed by atoms with E-state index >= 15 is 0 Å². The summed E-state index contributed by atoms with van der Waals surface area (Å²) in [5, 5.41) is 3.38. The van der Waals surface area contributed by atoms with Crippen molar-refractivity contribution in [1.82, 2.24) is 0 Å². The zero-order chi connectivity index (χ0) is 14.4. The number of halogens is 1. The lowest BCUT2D eigenvalue weighted by atomic mass is 10.1. The van der Waals surface area contributed by atoms with Gasteiger partial charge in [0.15, 0.2) is 0 Å². The minimum absolute atomic E-state index is 0.650. The van der Waals surface area contributed by atoms with Gasteiger partial charge in [-0.1, -0.05) is 24.3 Å². The van der Waals surface area contributed by atoms with E-state index in [-0.39, 0.29) is 0 Å². The standard InChI is InChI=1S/C16H18BrNO2/c1-19-11-13-5-3-12(4-6-13)10-18-14-7-8-15(17)16(9-14)20-2/h3-9,18H,10-11H2,1-2H3. The van der Waals surface area contributed by atoms with E-state index in [4.69, 9.17) is 9.47 Å². The van der Waals surface area contributed by atoms with Crippen LogP contribution in [0.2, 0.25) is 0 Å². The molecule has 0 fully saturated rings. The molecule has 20 heavy (non-hydrogen) atoms. The highest BCUT2D eigenvalue weighted by Gasteiger charge is 2.01. The molecule has 0 spiro atoms. The molecule has 1 N–H and O–H groups in total. The van der Waals surface area contributed by atoms with Crippen molar-refractivity contribution in [3.8, 4) is 5.75 Å². The predicted octanol–water partition coefficient (Wildman–Crippen LogP) is 4.22. The molecular formula is C16H18BrNO2. The van der Waals surface area contributed by atoms with Crippen LogP contribution in [0.15, 0.2) is 46.9 Å². The fourth-order valence-electron chi connectivity index (χ4n) is 1.89. The Morgan fingerprint density at radius 1 is 1.00 bits per heavy atom. The van der Waals surface area contributed by atoms with Crippen molar-refractivity contribution in [3.05, 3.63) is 58.1 Å². The lowest BCUT2D eigenvalue weighted by Crippen LogP contribution is -2.00. The number of ether oxygens (including phenoxy) is 2. The second-order valence-corrected chi connectivity index (χ2v) is 5.31. The molecule has 0 atom stereocenters. The molecule has 0 aliphatic carbocycles. The summed E-state index contributed by atoms with van der Waals surface area (Å²) in [6.45, 7) is 1.43. The number of anilines is 1. The number of hydrogen-bond acceptors (Lipinski definition) is 3. The normalized spacial score (nSPS) is 10.3. The summed E-state index contributed by atoms with van der Waals surface area (Å²) in [5.41, 5.74) is 3.44. The Balaban J connectivity index is 1.97. The summed E-state index contributed by atoms with van der Waals surface area (Å²) < 4.78 is 11.3. The Morgan fingerprint density at radius 2 is 1.70 bits per heavy atom. The van der Waals surface area contributed by atoms with Gasteiger partial charge in [-0.25, -0.2) is 0 Å². The predicted molar refractivity (Wildman–Crippen MR) is 85.2 cm³/mol. The van der Waals surface area contributed by atoms with Crippen LogP contribution in [0.25, 0.3) is 0 Å². The van der Waals surface area contributed by atoms with Gasteiger partial charge in [0.25, 0.3) is 0 Å². The molecule has 2 aromatic carbocycles. The van der Waals surface area contributed by atoms with Gasteiger partial charge in [-0.15, -0.1) is 0 Å². The molecule has 3 nitrogen and oxygen atoms in total. The molecule has 2 aromatic rings. The quantitative estimate of drug-likeness (QED) is 0.857. The highest BCUT2D eigenvalue weighted by Crippen LogP contribution is 2.28. The van der Waals surface area contributed by atoms with Crippen molar-refractivity contribution in [2.24, 2.45) is 0 Å². The Bertz CT molecular complexity index is 555. The zero-order valence-electron chi connectivity index (χ0n) is 11.7. The van der Waals surface area contributed by atoms with Crippen LogP contribution in [0.5, 0.6) is 5.75 Å². The lowest BCUT2D eigenvalue weighted by molar-refractivity contribution is 0.185. The first-order chi connectivity index (χ1) is 9.72. The maximum absolute atomic E-state index is 5.28. The van der Waals surface area contributed by atoms with Crippen LogP contribution in [0, 0.1) is 0 Å². The highest BCUT2D eigenvalue weighted by atomic mass is 79.9. The van der Waals surface area contributed by atoms with Crippen LogP contribution in [0.4, 0.5) is 5.69 Å². The van der Waals surface area contributed by atoms with Crippen LogP contribution >= 0.6 is 15.9 Å². The molecule has 0 aliphatic heterocycles. The van der Waals surface area contributed by atoms with Crippen molar-refractivity contribution in [1.29, 1.82) is 0 Å². The van der Waals surface area contributed by atoms with Crippen molar-refractivity contribution >= 4 is 21.6 Å². The van der Waals surface area contributed by atoms with Gasteiger partial charge in [0.2, 0.25) is 0 Å². The van der Waals surface area contributed by atoms with E-state index in [0.29, 0.717) is 6.61 Å². The number of rotatable bonds is 6. The molecule has 2 rings (SSSR count). The lowest BCUT2D eigenvalue weighted by Gasteiger charge is -2.10. The van der Waals surface area contributed by atoms with E-state index in [1.807, 2.05) is 18.2 Å². The molecule has 0 saturated carbocycles. The van der Waals surface area contributed by atoms with Crippen LogP contribution in [0.3, 0.4) is 0 Å². The van der Waals surface area contributed by atoms with Gasteiger partial charge in [-0.3, -0.25) is 0 Å². The van der Waals surface area contributed by atoms with Gasteiger partial charge < -0.3 is 14.8 Å². The summed E-state index contributed by atoms with van der Waals surface area (Å²) in [4.78, 5) is 0. The fourth-order valence-corrected chi connectivity index (χ4v) is 2.30. The van der Waals surface area contributed by atoms with Gasteiger partial charge in [-0.05, 0) is 39.2 Å². The van der Waals surface area contributed by atoms with E-state index in [1.165, 1.54) is 11.1 Å². The molecule has 0 aliphatic rings. The number of methoxy groups -OCH3 is 2. The second kappa shape index (κ2) is 7.31. The van der Waals surface area contributed by atoms with Crippen molar-refractivity contribution in [2.45, 2.75) is 13.2 Å². The molecule has 0 unspecified atom stereocenters. The maximum Gasteiger partial charge on any atom is 0.135 e. The van der Waals surface area contributed by atoms with Gasteiger partial charge >= 0.3 is 0 Å².